The average molecular weight is 249 g/mol. The second-order valence-corrected chi connectivity index (χ2v) is 3.60. The first-order chi connectivity index (χ1) is 8.67. The Morgan fingerprint density at radius 2 is 2.06 bits per heavy atom. The van der Waals surface area contributed by atoms with Crippen LogP contribution in [0.2, 0.25) is 0 Å². The molecule has 0 aliphatic rings. The summed E-state index contributed by atoms with van der Waals surface area (Å²) in [6.45, 7) is 0.0557. The van der Waals surface area contributed by atoms with E-state index >= 15 is 0 Å². The number of benzene rings is 1. The third-order valence-electron chi connectivity index (χ3n) is 2.27. The Balaban J connectivity index is 2.63. The van der Waals surface area contributed by atoms with Crippen LogP contribution in [0.4, 0.5) is 5.69 Å². The number of rotatable bonds is 7. The SMILES string of the molecule is N=N/C(=C\Nc1ccc(C(=O)O)cc1)CCCO. The maximum Gasteiger partial charge on any atom is 0.335 e. The molecule has 0 radical (unpaired) electrons. The van der Waals surface area contributed by atoms with Crippen LogP contribution in [0, 0.1) is 5.53 Å². The van der Waals surface area contributed by atoms with Crippen molar-refractivity contribution < 1.29 is 15.0 Å². The van der Waals surface area contributed by atoms with Crippen LogP contribution < -0.4 is 5.32 Å². The van der Waals surface area contributed by atoms with E-state index in [1.54, 1.807) is 18.3 Å². The van der Waals surface area contributed by atoms with Gasteiger partial charge in [0.1, 0.15) is 0 Å². The summed E-state index contributed by atoms with van der Waals surface area (Å²) in [5, 5.41) is 23.7. The van der Waals surface area contributed by atoms with Gasteiger partial charge in [-0.25, -0.2) is 10.3 Å². The van der Waals surface area contributed by atoms with E-state index in [0.717, 1.165) is 0 Å². The van der Waals surface area contributed by atoms with Crippen molar-refractivity contribution in [3.8, 4) is 0 Å². The molecule has 1 rings (SSSR count). The Kier molecular flexibility index (Phi) is 5.53. The fraction of sp³-hybridized carbons (Fsp3) is 0.250. The van der Waals surface area contributed by atoms with Crippen LogP contribution in [0.15, 0.2) is 41.3 Å². The fourth-order valence-corrected chi connectivity index (χ4v) is 1.30. The Morgan fingerprint density at radius 3 is 2.56 bits per heavy atom. The van der Waals surface area contributed by atoms with Crippen molar-refractivity contribution in [3.05, 3.63) is 41.7 Å². The van der Waals surface area contributed by atoms with Gasteiger partial charge in [0.2, 0.25) is 0 Å². The molecule has 0 atom stereocenters. The number of aliphatic hydroxyl groups excluding tert-OH is 1. The molecule has 0 bridgehead atoms. The molecule has 1 aromatic carbocycles. The van der Waals surface area contributed by atoms with Gasteiger partial charge in [-0.2, -0.15) is 5.11 Å². The maximum absolute atomic E-state index is 10.6. The smallest absolute Gasteiger partial charge is 0.335 e. The molecular formula is C12H15N3O3. The lowest BCUT2D eigenvalue weighted by Crippen LogP contribution is -1.96. The number of nitrogens with one attached hydrogen (secondary N) is 2. The van der Waals surface area contributed by atoms with Crippen LogP contribution in [0.5, 0.6) is 0 Å². The molecule has 0 saturated carbocycles. The quantitative estimate of drug-likeness (QED) is 0.557. The first-order valence-electron chi connectivity index (χ1n) is 5.44. The molecule has 0 spiro atoms. The van der Waals surface area contributed by atoms with Gasteiger partial charge in [-0.05, 0) is 37.1 Å². The molecule has 96 valence electrons. The molecule has 0 saturated heterocycles. The van der Waals surface area contributed by atoms with Crippen molar-refractivity contribution in [3.63, 3.8) is 0 Å². The predicted molar refractivity (Wildman–Crippen MR) is 66.6 cm³/mol. The number of aliphatic hydroxyl groups is 1. The van der Waals surface area contributed by atoms with E-state index in [2.05, 4.69) is 10.4 Å². The minimum atomic E-state index is -0.970. The van der Waals surface area contributed by atoms with Gasteiger partial charge >= 0.3 is 5.97 Å². The standard InChI is InChI=1S/C12H15N3O3/c13-15-11(2-1-7-16)8-14-10-5-3-9(4-6-10)12(17)18/h3-6,8,13-14,16H,1-2,7H2,(H,17,18)/b11-8-,15-13?. The molecule has 1 aromatic rings. The second-order valence-electron chi connectivity index (χ2n) is 3.60. The number of carboxylic acids is 1. The topological polar surface area (TPSA) is 106 Å². The summed E-state index contributed by atoms with van der Waals surface area (Å²) in [4.78, 5) is 10.6. The monoisotopic (exact) mass is 249 g/mol. The van der Waals surface area contributed by atoms with Crippen molar-refractivity contribution in [2.45, 2.75) is 12.8 Å². The molecule has 0 aromatic heterocycles. The van der Waals surface area contributed by atoms with E-state index in [-0.39, 0.29) is 12.2 Å². The van der Waals surface area contributed by atoms with E-state index < -0.39 is 5.97 Å². The molecule has 6 heteroatoms. The van der Waals surface area contributed by atoms with E-state index in [1.807, 2.05) is 0 Å². The molecule has 0 heterocycles. The van der Waals surface area contributed by atoms with E-state index in [4.69, 9.17) is 15.7 Å². The highest BCUT2D eigenvalue weighted by Gasteiger charge is 2.01. The maximum atomic E-state index is 10.6. The summed E-state index contributed by atoms with van der Waals surface area (Å²) in [5.74, 6) is -0.970. The Hall–Kier alpha value is -2.21. The van der Waals surface area contributed by atoms with Crippen molar-refractivity contribution in [1.82, 2.24) is 0 Å². The van der Waals surface area contributed by atoms with Gasteiger partial charge in [0, 0.05) is 18.5 Å². The number of hydrogen-bond donors (Lipinski definition) is 4. The lowest BCUT2D eigenvalue weighted by Gasteiger charge is -2.03. The summed E-state index contributed by atoms with van der Waals surface area (Å²) < 4.78 is 0. The third kappa shape index (κ3) is 4.34. The van der Waals surface area contributed by atoms with Gasteiger partial charge < -0.3 is 15.5 Å². The lowest BCUT2D eigenvalue weighted by molar-refractivity contribution is 0.0697. The normalized spacial score (nSPS) is 11.1. The largest absolute Gasteiger partial charge is 0.478 e. The van der Waals surface area contributed by atoms with E-state index in [0.29, 0.717) is 24.2 Å². The van der Waals surface area contributed by atoms with Crippen LogP contribution >= 0.6 is 0 Å². The number of carboxylic acid groups (broad SMARTS) is 1. The lowest BCUT2D eigenvalue weighted by atomic mass is 10.2. The Bertz CT molecular complexity index is 440. The zero-order valence-corrected chi connectivity index (χ0v) is 9.76. The van der Waals surface area contributed by atoms with Crippen molar-refractivity contribution in [1.29, 1.82) is 5.53 Å². The van der Waals surface area contributed by atoms with Crippen LogP contribution in [-0.4, -0.2) is 22.8 Å². The zero-order chi connectivity index (χ0) is 13.4. The first kappa shape index (κ1) is 13.9. The number of carbonyl (C=O) groups is 1. The van der Waals surface area contributed by atoms with Gasteiger partial charge in [-0.15, -0.1) is 0 Å². The number of allylic oxidation sites excluding steroid dienone is 1. The van der Waals surface area contributed by atoms with Crippen molar-refractivity contribution >= 4 is 11.7 Å². The molecule has 4 N–H and O–H groups in total. The minimum absolute atomic E-state index is 0.0557. The van der Waals surface area contributed by atoms with E-state index in [9.17, 15) is 4.79 Å². The van der Waals surface area contributed by atoms with Crippen LogP contribution in [-0.2, 0) is 0 Å². The molecule has 0 amide bonds. The minimum Gasteiger partial charge on any atom is -0.478 e. The van der Waals surface area contributed by atoms with Gasteiger partial charge in [-0.1, -0.05) is 0 Å². The summed E-state index contributed by atoms with van der Waals surface area (Å²) in [5.41, 5.74) is 8.40. The zero-order valence-electron chi connectivity index (χ0n) is 9.76. The molecular weight excluding hydrogens is 234 g/mol. The third-order valence-corrected chi connectivity index (χ3v) is 2.27. The molecule has 0 aliphatic heterocycles. The predicted octanol–water partition coefficient (Wildman–Crippen LogP) is 2.44. The molecule has 0 fully saturated rings. The molecule has 18 heavy (non-hydrogen) atoms. The summed E-state index contributed by atoms with van der Waals surface area (Å²) in [6.07, 6.45) is 2.63. The average Bonchev–Trinajstić information content (AvgIpc) is 2.39. The summed E-state index contributed by atoms with van der Waals surface area (Å²) >= 11 is 0. The molecule has 0 unspecified atom stereocenters. The molecule has 0 aliphatic carbocycles. The highest BCUT2D eigenvalue weighted by atomic mass is 16.4. The summed E-state index contributed by atoms with van der Waals surface area (Å²) in [6, 6.07) is 6.24. The number of hydrogen-bond acceptors (Lipinski definition) is 5. The van der Waals surface area contributed by atoms with Crippen LogP contribution in [0.1, 0.15) is 23.2 Å². The van der Waals surface area contributed by atoms with Gasteiger partial charge in [0.05, 0.1) is 11.3 Å². The highest BCUT2D eigenvalue weighted by molar-refractivity contribution is 5.88. The van der Waals surface area contributed by atoms with Crippen molar-refractivity contribution in [2.24, 2.45) is 5.11 Å². The fourth-order valence-electron chi connectivity index (χ4n) is 1.30. The Morgan fingerprint density at radius 1 is 1.39 bits per heavy atom. The molecule has 6 nitrogen and oxygen atoms in total. The van der Waals surface area contributed by atoms with Gasteiger partial charge in [0.25, 0.3) is 0 Å². The number of nitrogens with zero attached hydrogens (tertiary/aromatic N) is 1. The van der Waals surface area contributed by atoms with Gasteiger partial charge in [0.15, 0.2) is 0 Å². The van der Waals surface area contributed by atoms with Crippen LogP contribution in [0.3, 0.4) is 0 Å². The van der Waals surface area contributed by atoms with Crippen molar-refractivity contribution in [2.75, 3.05) is 11.9 Å². The first-order valence-corrected chi connectivity index (χ1v) is 5.44. The second kappa shape index (κ2) is 7.18. The highest BCUT2D eigenvalue weighted by Crippen LogP contribution is 2.12. The van der Waals surface area contributed by atoms with Gasteiger partial charge in [-0.3, -0.25) is 0 Å². The number of anilines is 1. The number of aromatic carboxylic acids is 1. The Labute approximate surface area is 104 Å². The van der Waals surface area contributed by atoms with E-state index in [1.165, 1.54) is 12.1 Å². The van der Waals surface area contributed by atoms with Crippen LogP contribution in [0.25, 0.3) is 0 Å². The summed E-state index contributed by atoms with van der Waals surface area (Å²) in [7, 11) is 0.